The number of alkyl halides is 3. The molecule has 2 aliphatic rings. The molecule has 0 radical (unpaired) electrons. The first kappa shape index (κ1) is 45.2. The molecule has 308 valence electrons. The summed E-state index contributed by atoms with van der Waals surface area (Å²) in [6.45, 7) is 16.8. The maximum atomic E-state index is 14.5. The van der Waals surface area contributed by atoms with E-state index in [1.807, 2.05) is 48.5 Å². The maximum absolute atomic E-state index is 14.5. The predicted molar refractivity (Wildman–Crippen MR) is 203 cm³/mol. The zero-order chi connectivity index (χ0) is 41.7. The van der Waals surface area contributed by atoms with E-state index in [0.29, 0.717) is 30.5 Å². The first-order valence-electron chi connectivity index (χ1n) is 19.0. The number of halogens is 3. The summed E-state index contributed by atoms with van der Waals surface area (Å²) in [6, 6.07) is -5.25. The average molecular weight is 781 g/mol. The van der Waals surface area contributed by atoms with Crippen molar-refractivity contribution in [2.45, 2.75) is 142 Å². The molecule has 4 N–H and O–H groups in total. The third-order valence-electron chi connectivity index (χ3n) is 10.9. The molecule has 2 unspecified atom stereocenters. The van der Waals surface area contributed by atoms with Crippen LogP contribution in [-0.2, 0) is 24.6 Å². The molecule has 1 aromatic carbocycles. The number of hydrogen-bond donors (Lipinski definition) is 4. The van der Waals surface area contributed by atoms with E-state index in [-0.39, 0.29) is 26.1 Å². The van der Waals surface area contributed by atoms with Crippen LogP contribution in [0.5, 0.6) is 0 Å². The number of urea groups is 1. The fourth-order valence-electron chi connectivity index (χ4n) is 7.58. The fraction of sp³-hybridized carbons (Fsp3) is 0.718. The van der Waals surface area contributed by atoms with Gasteiger partial charge in [-0.15, -0.1) is 6.58 Å². The van der Waals surface area contributed by atoms with Crippen molar-refractivity contribution in [3.8, 4) is 0 Å². The third-order valence-corrected chi connectivity index (χ3v) is 10.9. The molecule has 16 heteroatoms. The smallest absolute Gasteiger partial charge is 0.369 e. The number of likely N-dealkylation sites (N-methyl/N-ethyl adjacent to an activating group) is 1. The van der Waals surface area contributed by atoms with E-state index in [0.717, 1.165) is 19.3 Å². The molecule has 13 nitrogen and oxygen atoms in total. The lowest BCUT2D eigenvalue weighted by atomic mass is 9.70. The zero-order valence-corrected chi connectivity index (χ0v) is 33.5. The van der Waals surface area contributed by atoms with E-state index in [9.17, 15) is 46.7 Å². The Morgan fingerprint density at radius 3 is 2.11 bits per heavy atom. The normalized spacial score (nSPS) is 19.2. The van der Waals surface area contributed by atoms with Crippen molar-refractivity contribution < 1.29 is 37.1 Å². The van der Waals surface area contributed by atoms with Gasteiger partial charge in [0, 0.05) is 38.7 Å². The van der Waals surface area contributed by atoms with Gasteiger partial charge in [-0.2, -0.15) is 13.2 Å². The van der Waals surface area contributed by atoms with Gasteiger partial charge in [-0.1, -0.05) is 73.8 Å². The fourth-order valence-corrected chi connectivity index (χ4v) is 7.58. The van der Waals surface area contributed by atoms with Crippen LogP contribution in [-0.4, -0.2) is 91.5 Å². The van der Waals surface area contributed by atoms with Gasteiger partial charge in [0.25, 0.3) is 5.91 Å². The molecule has 0 aromatic heterocycles. The van der Waals surface area contributed by atoms with Crippen molar-refractivity contribution in [1.29, 1.82) is 0 Å². The van der Waals surface area contributed by atoms with Crippen molar-refractivity contribution in [1.82, 2.24) is 26.2 Å². The molecule has 1 aliphatic carbocycles. The largest absolute Gasteiger partial charge is 0.389 e. The van der Waals surface area contributed by atoms with Gasteiger partial charge in [0.2, 0.25) is 28.5 Å². The molecule has 4 atom stereocenters. The highest BCUT2D eigenvalue weighted by Gasteiger charge is 2.47. The summed E-state index contributed by atoms with van der Waals surface area (Å²) in [5, 5.41) is 10.4. The van der Waals surface area contributed by atoms with Crippen LogP contribution in [0.4, 0.5) is 23.7 Å². The van der Waals surface area contributed by atoms with Crippen LogP contribution in [0.3, 0.4) is 0 Å². The van der Waals surface area contributed by atoms with E-state index in [1.165, 1.54) is 11.0 Å². The molecule has 1 saturated carbocycles. The number of amides is 5. The second kappa shape index (κ2) is 17.7. The van der Waals surface area contributed by atoms with E-state index in [4.69, 9.17) is 0 Å². The Hall–Kier alpha value is -4.24. The Bertz CT molecular complexity index is 1670. The van der Waals surface area contributed by atoms with Crippen molar-refractivity contribution in [3.05, 3.63) is 38.7 Å². The minimum absolute atomic E-state index is 0.111. The topological polar surface area (TPSA) is 174 Å². The Morgan fingerprint density at radius 1 is 0.945 bits per heavy atom. The van der Waals surface area contributed by atoms with E-state index in [1.54, 1.807) is 11.9 Å². The van der Waals surface area contributed by atoms with Crippen LogP contribution in [0.1, 0.15) is 112 Å². The van der Waals surface area contributed by atoms with Crippen molar-refractivity contribution in [3.63, 3.8) is 0 Å². The van der Waals surface area contributed by atoms with Gasteiger partial charge < -0.3 is 31.1 Å². The number of rotatable bonds is 15. The average Bonchev–Trinajstić information content (AvgIpc) is 3.58. The van der Waals surface area contributed by atoms with Gasteiger partial charge >= 0.3 is 12.2 Å². The van der Waals surface area contributed by atoms with Crippen LogP contribution in [0.15, 0.2) is 22.2 Å². The quantitative estimate of drug-likeness (QED) is 0.154. The minimum atomic E-state index is -4.66. The first-order chi connectivity index (χ1) is 25.3. The van der Waals surface area contributed by atoms with Crippen molar-refractivity contribution in [2.24, 2.45) is 10.8 Å². The zero-order valence-electron chi connectivity index (χ0n) is 33.5. The lowest BCUT2D eigenvalue weighted by molar-refractivity contribution is -0.147. The highest BCUT2D eigenvalue weighted by atomic mass is 19.4. The summed E-state index contributed by atoms with van der Waals surface area (Å²) >= 11 is 0. The molecule has 1 aliphatic heterocycles. The number of Topliss-reactive ketones (excluding diaryl/α,β-unsaturated/α-hetero) is 1. The molecule has 1 aromatic rings. The number of hydrogen-bond acceptors (Lipinski definition) is 8. The van der Waals surface area contributed by atoms with Crippen LogP contribution >= 0.6 is 0 Å². The predicted octanol–water partition coefficient (Wildman–Crippen LogP) is 3.76. The molecular formula is C39H59F3N6O7. The molecule has 2 fully saturated rings. The van der Waals surface area contributed by atoms with Gasteiger partial charge in [-0.3, -0.25) is 28.8 Å². The molecule has 1 heterocycles. The number of nitrogens with one attached hydrogen (secondary N) is 4. The van der Waals surface area contributed by atoms with Gasteiger partial charge in [-0.05, 0) is 48.3 Å². The van der Waals surface area contributed by atoms with Crippen LogP contribution in [0.2, 0.25) is 0 Å². The SMILES string of the molecule is C=CCNC(=O)C(=O)C(CCC(F)(F)F)NC(=O)[C@@H]1CCCN1C(=O)C(NC(=O)N[C@H](CN(C)c1c(C(C)(C)C)c(=O)c1=O)C(C)(C)C)C1(C)CCCCC1. The number of nitrogens with zero attached hydrogens (tertiary/aromatic N) is 2. The molecular weight excluding hydrogens is 721 g/mol. The molecule has 0 spiro atoms. The summed E-state index contributed by atoms with van der Waals surface area (Å²) in [5.41, 5.74) is -2.20. The molecule has 3 rings (SSSR count). The van der Waals surface area contributed by atoms with Gasteiger partial charge in [-0.25, -0.2) is 4.79 Å². The Kier molecular flexibility index (Phi) is 14.5. The Labute approximate surface area is 321 Å². The van der Waals surface area contributed by atoms with E-state index >= 15 is 0 Å². The highest BCUT2D eigenvalue weighted by molar-refractivity contribution is 6.38. The number of carbonyl (C=O) groups excluding carboxylic acids is 5. The van der Waals surface area contributed by atoms with E-state index < -0.39 is 99.8 Å². The summed E-state index contributed by atoms with van der Waals surface area (Å²) < 4.78 is 39.6. The number of likely N-dealkylation sites (tertiary alicyclic amines) is 1. The lowest BCUT2D eigenvalue weighted by Gasteiger charge is -2.43. The monoisotopic (exact) mass is 780 g/mol. The van der Waals surface area contributed by atoms with Gasteiger partial charge in [0.1, 0.15) is 12.1 Å². The number of ketones is 1. The van der Waals surface area contributed by atoms with Crippen molar-refractivity contribution >= 4 is 35.2 Å². The molecule has 5 amide bonds. The standard InChI is InChI=1S/C39H59F3N6O7/c1-10-20-43-33(53)28(49)23(16-19-39(40,41)42)44-32(52)24-15-14-21-48(24)34(54)31(38(8)17-12-11-13-18-38)46-35(55)45-25(36(2,3)4)22-47(9)27-26(37(5,6)7)29(50)30(27)51/h10,23-25,31H,1,11-22H2,2-9H3,(H,43,53)(H,44,52)(H2,45,46,55)/t23?,24-,25+,31?/m0/s1. The van der Waals surface area contributed by atoms with Gasteiger partial charge in [0.05, 0.1) is 17.8 Å². The van der Waals surface area contributed by atoms with Gasteiger partial charge in [0.15, 0.2) is 0 Å². The molecule has 55 heavy (non-hydrogen) atoms. The lowest BCUT2D eigenvalue weighted by Crippen LogP contribution is -2.63. The summed E-state index contributed by atoms with van der Waals surface area (Å²) in [6.07, 6.45) is -1.38. The number of carbonyl (C=O) groups is 5. The van der Waals surface area contributed by atoms with Crippen molar-refractivity contribution in [2.75, 3.05) is 31.6 Å². The van der Waals surface area contributed by atoms with E-state index in [2.05, 4.69) is 27.8 Å². The Morgan fingerprint density at radius 2 is 1.56 bits per heavy atom. The summed E-state index contributed by atoms with van der Waals surface area (Å²) in [7, 11) is 1.69. The second-order valence-electron chi connectivity index (χ2n) is 17.5. The highest BCUT2D eigenvalue weighted by Crippen LogP contribution is 2.40. The molecule has 1 saturated heterocycles. The molecule has 0 bridgehead atoms. The summed E-state index contributed by atoms with van der Waals surface area (Å²) in [4.78, 5) is 95.5. The van der Waals surface area contributed by atoms with Crippen LogP contribution in [0, 0.1) is 10.8 Å². The van der Waals surface area contributed by atoms with Crippen LogP contribution in [0.25, 0.3) is 0 Å². The minimum Gasteiger partial charge on any atom is -0.369 e. The second-order valence-corrected chi connectivity index (χ2v) is 17.5. The summed E-state index contributed by atoms with van der Waals surface area (Å²) in [5.74, 6) is -3.84. The van der Waals surface area contributed by atoms with Crippen LogP contribution < -0.4 is 37.0 Å². The number of anilines is 1. The Balaban J connectivity index is 1.86. The third kappa shape index (κ3) is 11.4. The maximum Gasteiger partial charge on any atom is 0.389 e. The first-order valence-corrected chi connectivity index (χ1v) is 19.0.